The van der Waals surface area contributed by atoms with Crippen LogP contribution in [0.25, 0.3) is 0 Å². The summed E-state index contributed by atoms with van der Waals surface area (Å²) in [5, 5.41) is 14.1. The molecule has 3 aromatic rings. The van der Waals surface area contributed by atoms with Crippen molar-refractivity contribution in [2.45, 2.75) is 12.5 Å². The van der Waals surface area contributed by atoms with Gasteiger partial charge in [-0.1, -0.05) is 48.0 Å². The van der Waals surface area contributed by atoms with Crippen molar-refractivity contribution < 1.29 is 19.1 Å². The van der Waals surface area contributed by atoms with E-state index in [0.717, 1.165) is 11.6 Å². The van der Waals surface area contributed by atoms with Crippen LogP contribution in [0.1, 0.15) is 16.7 Å². The number of hydrogen-bond acceptors (Lipinski definition) is 3. The normalized spacial score (nSPS) is 17.9. The van der Waals surface area contributed by atoms with Gasteiger partial charge in [-0.2, -0.15) is 0 Å². The first-order valence-electron chi connectivity index (χ1n) is 9.16. The number of nitrogens with zero attached hydrogens (tertiary/aromatic N) is 1. The molecule has 0 fully saturated rings. The van der Waals surface area contributed by atoms with Gasteiger partial charge in [-0.05, 0) is 37.3 Å². The molecule has 2 N–H and O–H groups in total. The molecule has 3 aromatic carbocycles. The van der Waals surface area contributed by atoms with Crippen LogP contribution in [0, 0.1) is 12.7 Å². The molecule has 6 heteroatoms. The summed E-state index contributed by atoms with van der Waals surface area (Å²) in [4.78, 5) is 27.0. The van der Waals surface area contributed by atoms with Gasteiger partial charge in [-0.15, -0.1) is 0 Å². The Kier molecular flexibility index (Phi) is 4.64. The van der Waals surface area contributed by atoms with Crippen LogP contribution in [0.4, 0.5) is 15.8 Å². The van der Waals surface area contributed by atoms with Crippen LogP contribution in [-0.4, -0.2) is 23.5 Å². The third-order valence-electron chi connectivity index (χ3n) is 5.02. The molecule has 4 rings (SSSR count). The maximum atomic E-state index is 13.8. The van der Waals surface area contributed by atoms with Crippen molar-refractivity contribution in [3.05, 3.63) is 95.3 Å². The average Bonchev–Trinajstić information content (AvgIpc) is 2.93. The lowest BCUT2D eigenvalue weighted by Crippen LogP contribution is -2.44. The van der Waals surface area contributed by atoms with E-state index < -0.39 is 23.2 Å². The lowest BCUT2D eigenvalue weighted by Gasteiger charge is -2.23. The standard InChI is InChI=1S/C23H19FN2O3/c1-15-9-11-18(12-10-15)25-21(27)14-26-20-8-3-2-7-19(20)23(29,22(26)28)16-5-4-6-17(24)13-16/h2-13,29H,14H2,1H3,(H,25,27)/t23-/m0/s1. The van der Waals surface area contributed by atoms with Crippen LogP contribution in [0.3, 0.4) is 0 Å². The van der Waals surface area contributed by atoms with Gasteiger partial charge in [-0.25, -0.2) is 4.39 Å². The van der Waals surface area contributed by atoms with Crippen molar-refractivity contribution in [1.29, 1.82) is 0 Å². The SMILES string of the molecule is Cc1ccc(NC(=O)CN2C(=O)[C@](O)(c3cccc(F)c3)c3ccccc32)cc1. The zero-order valence-electron chi connectivity index (χ0n) is 15.7. The second-order valence-electron chi connectivity index (χ2n) is 7.04. The van der Waals surface area contributed by atoms with Gasteiger partial charge in [-0.3, -0.25) is 14.5 Å². The number of aryl methyl sites for hydroxylation is 1. The number of carbonyl (C=O) groups excluding carboxylic acids is 2. The number of fused-ring (bicyclic) bond motifs is 1. The van der Waals surface area contributed by atoms with Gasteiger partial charge in [0.2, 0.25) is 5.91 Å². The van der Waals surface area contributed by atoms with Crippen molar-refractivity contribution in [2.75, 3.05) is 16.8 Å². The maximum Gasteiger partial charge on any atom is 0.268 e. The molecule has 1 aliphatic heterocycles. The summed E-state index contributed by atoms with van der Waals surface area (Å²) in [6, 6.07) is 19.3. The number of benzene rings is 3. The summed E-state index contributed by atoms with van der Waals surface area (Å²) >= 11 is 0. The lowest BCUT2D eigenvalue weighted by molar-refractivity contribution is -0.133. The Morgan fingerprint density at radius 1 is 1.07 bits per heavy atom. The van der Waals surface area contributed by atoms with Crippen LogP contribution < -0.4 is 10.2 Å². The minimum atomic E-state index is -2.05. The first-order chi connectivity index (χ1) is 13.9. The van der Waals surface area contributed by atoms with Gasteiger partial charge in [0.25, 0.3) is 5.91 Å². The molecule has 0 radical (unpaired) electrons. The van der Waals surface area contributed by atoms with Crippen molar-refractivity contribution in [1.82, 2.24) is 0 Å². The van der Waals surface area contributed by atoms with Crippen LogP contribution in [0.5, 0.6) is 0 Å². The summed E-state index contributed by atoms with van der Waals surface area (Å²) in [6.45, 7) is 1.67. The topological polar surface area (TPSA) is 69.6 Å². The Hall–Kier alpha value is -3.51. The number of aliphatic hydroxyl groups is 1. The molecule has 146 valence electrons. The molecular weight excluding hydrogens is 371 g/mol. The van der Waals surface area contributed by atoms with E-state index in [-0.39, 0.29) is 12.1 Å². The zero-order chi connectivity index (χ0) is 20.6. The van der Waals surface area contributed by atoms with Gasteiger partial charge in [0, 0.05) is 16.8 Å². The first kappa shape index (κ1) is 18.8. The van der Waals surface area contributed by atoms with E-state index in [0.29, 0.717) is 16.9 Å². The van der Waals surface area contributed by atoms with E-state index in [9.17, 15) is 19.1 Å². The van der Waals surface area contributed by atoms with Crippen LogP contribution in [-0.2, 0) is 15.2 Å². The Morgan fingerprint density at radius 2 is 1.79 bits per heavy atom. The Bertz CT molecular complexity index is 1100. The number of halogens is 1. The molecule has 0 aromatic heterocycles. The highest BCUT2D eigenvalue weighted by Gasteiger charge is 2.51. The molecule has 0 bridgehead atoms. The van der Waals surface area contributed by atoms with E-state index in [1.165, 1.54) is 23.1 Å². The summed E-state index contributed by atoms with van der Waals surface area (Å²) in [5.74, 6) is -1.65. The number of hydrogen-bond donors (Lipinski definition) is 2. The molecule has 1 aliphatic rings. The highest BCUT2D eigenvalue weighted by atomic mass is 19.1. The average molecular weight is 390 g/mol. The maximum absolute atomic E-state index is 13.8. The molecule has 0 aliphatic carbocycles. The molecule has 1 atom stereocenters. The number of anilines is 2. The van der Waals surface area contributed by atoms with E-state index in [2.05, 4.69) is 5.32 Å². The number of amides is 2. The summed E-state index contributed by atoms with van der Waals surface area (Å²) in [5.41, 5.74) is 0.481. The van der Waals surface area contributed by atoms with Crippen molar-refractivity contribution in [3.63, 3.8) is 0 Å². The van der Waals surface area contributed by atoms with Gasteiger partial charge >= 0.3 is 0 Å². The largest absolute Gasteiger partial charge is 0.372 e. The second-order valence-corrected chi connectivity index (χ2v) is 7.04. The van der Waals surface area contributed by atoms with E-state index in [4.69, 9.17) is 0 Å². The van der Waals surface area contributed by atoms with Gasteiger partial charge < -0.3 is 10.4 Å². The molecule has 5 nitrogen and oxygen atoms in total. The summed E-state index contributed by atoms with van der Waals surface area (Å²) in [7, 11) is 0. The zero-order valence-corrected chi connectivity index (χ0v) is 15.7. The molecule has 2 amide bonds. The summed E-state index contributed by atoms with van der Waals surface area (Å²) in [6.07, 6.45) is 0. The highest BCUT2D eigenvalue weighted by molar-refractivity contribution is 6.12. The fourth-order valence-electron chi connectivity index (χ4n) is 3.57. The highest BCUT2D eigenvalue weighted by Crippen LogP contribution is 2.44. The number of rotatable bonds is 4. The van der Waals surface area contributed by atoms with Crippen LogP contribution in [0.2, 0.25) is 0 Å². The lowest BCUT2D eigenvalue weighted by atomic mass is 9.87. The van der Waals surface area contributed by atoms with Crippen LogP contribution >= 0.6 is 0 Å². The Balaban J connectivity index is 1.66. The molecule has 29 heavy (non-hydrogen) atoms. The van der Waals surface area contributed by atoms with Crippen molar-refractivity contribution in [2.24, 2.45) is 0 Å². The molecule has 0 unspecified atom stereocenters. The first-order valence-corrected chi connectivity index (χ1v) is 9.16. The quantitative estimate of drug-likeness (QED) is 0.718. The Morgan fingerprint density at radius 3 is 2.52 bits per heavy atom. The summed E-state index contributed by atoms with van der Waals surface area (Å²) < 4.78 is 13.8. The van der Waals surface area contributed by atoms with Crippen LogP contribution in [0.15, 0.2) is 72.8 Å². The smallest absolute Gasteiger partial charge is 0.268 e. The number of nitrogens with one attached hydrogen (secondary N) is 1. The molecule has 0 spiro atoms. The van der Waals surface area contributed by atoms with Gasteiger partial charge in [0.05, 0.1) is 5.69 Å². The molecular formula is C23H19FN2O3. The monoisotopic (exact) mass is 390 g/mol. The number of para-hydroxylation sites is 1. The van der Waals surface area contributed by atoms with E-state index in [1.807, 2.05) is 19.1 Å². The van der Waals surface area contributed by atoms with Gasteiger partial charge in [0.15, 0.2) is 5.60 Å². The van der Waals surface area contributed by atoms with Crippen molar-refractivity contribution >= 4 is 23.2 Å². The molecule has 1 heterocycles. The number of carbonyl (C=O) groups is 2. The second kappa shape index (κ2) is 7.14. The predicted molar refractivity (Wildman–Crippen MR) is 108 cm³/mol. The minimum Gasteiger partial charge on any atom is -0.372 e. The van der Waals surface area contributed by atoms with E-state index in [1.54, 1.807) is 36.4 Å². The minimum absolute atomic E-state index is 0.122. The van der Waals surface area contributed by atoms with Crippen molar-refractivity contribution in [3.8, 4) is 0 Å². The fraction of sp³-hybridized carbons (Fsp3) is 0.130. The Labute approximate surface area is 167 Å². The van der Waals surface area contributed by atoms with Gasteiger partial charge in [0.1, 0.15) is 12.4 Å². The third-order valence-corrected chi connectivity index (χ3v) is 5.02. The predicted octanol–water partition coefficient (Wildman–Crippen LogP) is 3.36. The fourth-order valence-corrected chi connectivity index (χ4v) is 3.57. The van der Waals surface area contributed by atoms with E-state index >= 15 is 0 Å². The molecule has 0 saturated heterocycles. The molecule has 0 saturated carbocycles. The third kappa shape index (κ3) is 3.28.